The Hall–Kier alpha value is -1.53. The molecule has 2 aromatic rings. The smallest absolute Gasteiger partial charge is 0.223 e. The third-order valence-corrected chi connectivity index (χ3v) is 3.56. The molecule has 0 bridgehead atoms. The lowest BCUT2D eigenvalue weighted by Gasteiger charge is -2.11. The van der Waals surface area contributed by atoms with E-state index in [0.717, 1.165) is 19.0 Å². The third kappa shape index (κ3) is 3.98. The summed E-state index contributed by atoms with van der Waals surface area (Å²) >= 11 is 3.20. The first-order valence-corrected chi connectivity index (χ1v) is 7.41. The Balaban J connectivity index is 1.82. The van der Waals surface area contributed by atoms with Gasteiger partial charge in [0.25, 0.3) is 0 Å². The molecule has 1 fully saturated rings. The van der Waals surface area contributed by atoms with Crippen LogP contribution in [0, 0.1) is 11.6 Å². The van der Waals surface area contributed by atoms with Crippen LogP contribution in [0.2, 0.25) is 0 Å². The minimum absolute atomic E-state index is 0.280. The summed E-state index contributed by atoms with van der Waals surface area (Å²) in [7, 11) is 0. The molecule has 1 aliphatic rings. The van der Waals surface area contributed by atoms with Gasteiger partial charge in [0.15, 0.2) is 0 Å². The predicted molar refractivity (Wildman–Crippen MR) is 78.2 cm³/mol. The lowest BCUT2D eigenvalue weighted by molar-refractivity contribution is 0.444. The standard InChI is InChI=1S/C15H13BrF2N2O/c16-10-4-11(17)6-14(5-10)21-15-9(3-12(18)8-20-15)7-19-13-1-2-13/h3-6,8,13,19H,1-2,7H2. The van der Waals surface area contributed by atoms with Crippen molar-refractivity contribution in [3.63, 3.8) is 0 Å². The quantitative estimate of drug-likeness (QED) is 0.874. The lowest BCUT2D eigenvalue weighted by atomic mass is 10.2. The predicted octanol–water partition coefficient (Wildman–Crippen LogP) is 4.17. The summed E-state index contributed by atoms with van der Waals surface area (Å²) in [6, 6.07) is 6.09. The first-order valence-electron chi connectivity index (χ1n) is 6.62. The van der Waals surface area contributed by atoms with Crippen molar-refractivity contribution < 1.29 is 13.5 Å². The number of rotatable bonds is 5. The van der Waals surface area contributed by atoms with E-state index in [1.807, 2.05) is 0 Å². The third-order valence-electron chi connectivity index (χ3n) is 3.10. The Kier molecular flexibility index (Phi) is 4.17. The second-order valence-corrected chi connectivity index (χ2v) is 5.90. The van der Waals surface area contributed by atoms with Crippen LogP contribution in [0.1, 0.15) is 18.4 Å². The van der Waals surface area contributed by atoms with Gasteiger partial charge in [0.05, 0.1) is 6.20 Å². The molecule has 0 radical (unpaired) electrons. The van der Waals surface area contributed by atoms with Gasteiger partial charge in [-0.25, -0.2) is 13.8 Å². The fraction of sp³-hybridized carbons (Fsp3) is 0.267. The number of hydrogen-bond acceptors (Lipinski definition) is 3. The highest BCUT2D eigenvalue weighted by Crippen LogP contribution is 2.28. The highest BCUT2D eigenvalue weighted by molar-refractivity contribution is 9.10. The number of halogens is 3. The van der Waals surface area contributed by atoms with E-state index >= 15 is 0 Å². The van der Waals surface area contributed by atoms with Gasteiger partial charge in [0.2, 0.25) is 5.88 Å². The zero-order valence-corrected chi connectivity index (χ0v) is 12.7. The summed E-state index contributed by atoms with van der Waals surface area (Å²) in [6.45, 7) is 0.473. The van der Waals surface area contributed by atoms with Crippen LogP contribution in [0.3, 0.4) is 0 Å². The second-order valence-electron chi connectivity index (χ2n) is 4.98. The summed E-state index contributed by atoms with van der Waals surface area (Å²) < 4.78 is 32.9. The zero-order valence-electron chi connectivity index (χ0n) is 11.1. The average Bonchev–Trinajstić information content (AvgIpc) is 3.22. The number of ether oxygens (including phenoxy) is 1. The number of hydrogen-bond donors (Lipinski definition) is 1. The molecule has 21 heavy (non-hydrogen) atoms. The van der Waals surface area contributed by atoms with Crippen molar-refractivity contribution in [3.05, 3.63) is 52.1 Å². The van der Waals surface area contributed by atoms with Crippen molar-refractivity contribution in [1.82, 2.24) is 10.3 Å². The van der Waals surface area contributed by atoms with Crippen molar-refractivity contribution in [2.24, 2.45) is 0 Å². The van der Waals surface area contributed by atoms with E-state index in [4.69, 9.17) is 4.74 Å². The lowest BCUT2D eigenvalue weighted by Crippen LogP contribution is -2.16. The van der Waals surface area contributed by atoms with Crippen molar-refractivity contribution >= 4 is 15.9 Å². The van der Waals surface area contributed by atoms with Crippen molar-refractivity contribution in [1.29, 1.82) is 0 Å². The van der Waals surface area contributed by atoms with Crippen molar-refractivity contribution in [2.75, 3.05) is 0 Å². The summed E-state index contributed by atoms with van der Waals surface area (Å²) in [5.74, 6) is -0.245. The van der Waals surface area contributed by atoms with Gasteiger partial charge in [-0.2, -0.15) is 0 Å². The molecule has 1 aromatic heterocycles. The minimum atomic E-state index is -0.421. The van der Waals surface area contributed by atoms with Crippen LogP contribution < -0.4 is 10.1 Å². The molecule has 6 heteroatoms. The summed E-state index contributed by atoms with van der Waals surface area (Å²) in [5.41, 5.74) is 0.613. The van der Waals surface area contributed by atoms with Crippen LogP contribution in [0.25, 0.3) is 0 Å². The summed E-state index contributed by atoms with van der Waals surface area (Å²) in [5, 5.41) is 3.28. The van der Waals surface area contributed by atoms with Crippen LogP contribution in [-0.2, 0) is 6.54 Å². The topological polar surface area (TPSA) is 34.1 Å². The number of nitrogens with one attached hydrogen (secondary N) is 1. The molecule has 0 amide bonds. The maximum absolute atomic E-state index is 13.4. The van der Waals surface area contributed by atoms with Gasteiger partial charge in [0.1, 0.15) is 17.4 Å². The van der Waals surface area contributed by atoms with E-state index in [0.29, 0.717) is 28.4 Å². The normalized spacial score (nSPS) is 14.2. The van der Waals surface area contributed by atoms with Gasteiger partial charge in [-0.15, -0.1) is 0 Å². The largest absolute Gasteiger partial charge is 0.439 e. The summed E-state index contributed by atoms with van der Waals surface area (Å²) in [6.07, 6.45) is 3.36. The van der Waals surface area contributed by atoms with E-state index in [1.54, 1.807) is 6.07 Å². The Morgan fingerprint density at radius 3 is 2.71 bits per heavy atom. The molecule has 0 unspecified atom stereocenters. The molecule has 0 spiro atoms. The molecule has 1 aliphatic carbocycles. The van der Waals surface area contributed by atoms with Crippen LogP contribution in [-0.4, -0.2) is 11.0 Å². The van der Waals surface area contributed by atoms with E-state index in [9.17, 15) is 8.78 Å². The van der Waals surface area contributed by atoms with E-state index in [-0.39, 0.29) is 5.88 Å². The molecule has 3 rings (SSSR count). The molecule has 0 aliphatic heterocycles. The first-order chi connectivity index (χ1) is 10.1. The number of aromatic nitrogens is 1. The van der Waals surface area contributed by atoms with Gasteiger partial charge in [-0.3, -0.25) is 0 Å². The second kappa shape index (κ2) is 6.07. The Morgan fingerprint density at radius 2 is 2.00 bits per heavy atom. The summed E-state index contributed by atoms with van der Waals surface area (Å²) in [4.78, 5) is 3.96. The highest BCUT2D eigenvalue weighted by Gasteiger charge is 2.21. The van der Waals surface area contributed by atoms with Crippen LogP contribution in [0.15, 0.2) is 34.9 Å². The van der Waals surface area contributed by atoms with Crippen LogP contribution in [0.4, 0.5) is 8.78 Å². The van der Waals surface area contributed by atoms with Crippen molar-refractivity contribution in [2.45, 2.75) is 25.4 Å². The van der Waals surface area contributed by atoms with E-state index < -0.39 is 11.6 Å². The van der Waals surface area contributed by atoms with Gasteiger partial charge in [-0.1, -0.05) is 15.9 Å². The fourth-order valence-electron chi connectivity index (χ4n) is 1.93. The zero-order chi connectivity index (χ0) is 14.8. The maximum atomic E-state index is 13.4. The molecule has 1 saturated carbocycles. The number of benzene rings is 1. The average molecular weight is 355 g/mol. The van der Waals surface area contributed by atoms with Gasteiger partial charge >= 0.3 is 0 Å². The van der Waals surface area contributed by atoms with E-state index in [2.05, 4.69) is 26.2 Å². The molecular weight excluding hydrogens is 342 g/mol. The van der Waals surface area contributed by atoms with Crippen molar-refractivity contribution in [3.8, 4) is 11.6 Å². The molecule has 110 valence electrons. The van der Waals surface area contributed by atoms with Gasteiger partial charge < -0.3 is 10.1 Å². The number of nitrogens with zero attached hydrogens (tertiary/aromatic N) is 1. The maximum Gasteiger partial charge on any atom is 0.223 e. The van der Waals surface area contributed by atoms with Crippen LogP contribution >= 0.6 is 15.9 Å². The fourth-order valence-corrected chi connectivity index (χ4v) is 2.37. The highest BCUT2D eigenvalue weighted by atomic mass is 79.9. The Morgan fingerprint density at radius 1 is 1.19 bits per heavy atom. The van der Waals surface area contributed by atoms with E-state index in [1.165, 1.54) is 18.2 Å². The molecule has 1 heterocycles. The Bertz CT molecular complexity index is 642. The number of pyridine rings is 1. The minimum Gasteiger partial charge on any atom is -0.439 e. The molecule has 1 N–H and O–H groups in total. The Labute approximate surface area is 129 Å². The SMILES string of the molecule is Fc1cc(Br)cc(Oc2ncc(F)cc2CNC2CC2)c1. The molecule has 0 atom stereocenters. The molecule has 0 saturated heterocycles. The van der Waals surface area contributed by atoms with Gasteiger partial charge in [-0.05, 0) is 31.0 Å². The van der Waals surface area contributed by atoms with Gasteiger partial charge in [0, 0.05) is 28.7 Å². The molecule has 3 nitrogen and oxygen atoms in total. The first kappa shape index (κ1) is 14.4. The molecule has 1 aromatic carbocycles. The monoisotopic (exact) mass is 354 g/mol. The van der Waals surface area contributed by atoms with Crippen LogP contribution in [0.5, 0.6) is 11.6 Å². The molecular formula is C15H13BrF2N2O.